The van der Waals surface area contributed by atoms with Crippen LogP contribution in [0.15, 0.2) is 22.7 Å². The molecule has 14 heavy (non-hydrogen) atoms. The highest BCUT2D eigenvalue weighted by atomic mass is 79.9. The number of hydrogen-bond donors (Lipinski definition) is 1. The molecule has 1 saturated heterocycles. The van der Waals surface area contributed by atoms with E-state index < -0.39 is 0 Å². The fourth-order valence-corrected chi connectivity index (χ4v) is 2.39. The summed E-state index contributed by atoms with van der Waals surface area (Å²) in [4.78, 5) is 2.43. The summed E-state index contributed by atoms with van der Waals surface area (Å²) in [5.41, 5.74) is 8.29. The molecule has 3 heteroatoms. The molecule has 76 valence electrons. The number of nitrogens with zero attached hydrogens (tertiary/aromatic N) is 1. The van der Waals surface area contributed by atoms with Crippen molar-refractivity contribution in [2.75, 3.05) is 18.0 Å². The molecule has 2 rings (SSSR count). The van der Waals surface area contributed by atoms with E-state index in [1.807, 2.05) is 0 Å². The first-order chi connectivity index (χ1) is 6.81. The lowest BCUT2D eigenvalue weighted by Crippen LogP contribution is -2.20. The summed E-state index contributed by atoms with van der Waals surface area (Å²) in [5, 5.41) is 0. The summed E-state index contributed by atoms with van der Waals surface area (Å²) in [7, 11) is 0. The van der Waals surface area contributed by atoms with Crippen molar-refractivity contribution >= 4 is 21.6 Å². The van der Waals surface area contributed by atoms with Gasteiger partial charge in [0.25, 0.3) is 0 Å². The van der Waals surface area contributed by atoms with Gasteiger partial charge in [-0.3, -0.25) is 0 Å². The molecule has 1 aromatic rings. The van der Waals surface area contributed by atoms with Gasteiger partial charge in [-0.1, -0.05) is 15.9 Å². The van der Waals surface area contributed by atoms with Gasteiger partial charge in [0.15, 0.2) is 0 Å². The van der Waals surface area contributed by atoms with Crippen molar-refractivity contribution < 1.29 is 0 Å². The van der Waals surface area contributed by atoms with E-state index in [4.69, 9.17) is 5.73 Å². The summed E-state index contributed by atoms with van der Waals surface area (Å²) in [5.74, 6) is 0. The molecule has 0 saturated carbocycles. The van der Waals surface area contributed by atoms with Crippen molar-refractivity contribution in [3.63, 3.8) is 0 Å². The van der Waals surface area contributed by atoms with E-state index in [9.17, 15) is 0 Å². The maximum Gasteiger partial charge on any atom is 0.0412 e. The topological polar surface area (TPSA) is 29.3 Å². The predicted molar refractivity (Wildman–Crippen MR) is 63.5 cm³/mol. The minimum absolute atomic E-state index is 0.616. The van der Waals surface area contributed by atoms with Crippen molar-refractivity contribution in [1.29, 1.82) is 0 Å². The van der Waals surface area contributed by atoms with E-state index in [-0.39, 0.29) is 0 Å². The van der Waals surface area contributed by atoms with Crippen LogP contribution in [0.4, 0.5) is 5.69 Å². The maximum absolute atomic E-state index is 5.74. The molecule has 0 aliphatic carbocycles. The summed E-state index contributed by atoms with van der Waals surface area (Å²) in [6.07, 6.45) is 2.61. The van der Waals surface area contributed by atoms with Gasteiger partial charge in [-0.15, -0.1) is 0 Å². The predicted octanol–water partition coefficient (Wildman–Crippen LogP) is 2.51. The minimum Gasteiger partial charge on any atom is -0.371 e. The summed E-state index contributed by atoms with van der Waals surface area (Å²) >= 11 is 3.47. The molecule has 0 spiro atoms. The van der Waals surface area contributed by atoms with Gasteiger partial charge in [-0.05, 0) is 36.6 Å². The van der Waals surface area contributed by atoms with Crippen LogP contribution >= 0.6 is 15.9 Å². The molecular formula is C11H15BrN2. The Hall–Kier alpha value is -0.540. The van der Waals surface area contributed by atoms with Crippen LogP contribution < -0.4 is 10.6 Å². The summed E-state index contributed by atoms with van der Waals surface area (Å²) in [6, 6.07) is 6.37. The van der Waals surface area contributed by atoms with Crippen LogP contribution in [0.2, 0.25) is 0 Å². The van der Waals surface area contributed by atoms with E-state index in [0.717, 1.165) is 4.47 Å². The second-order valence-electron chi connectivity index (χ2n) is 3.67. The molecule has 0 amide bonds. The largest absolute Gasteiger partial charge is 0.371 e. The zero-order valence-electron chi connectivity index (χ0n) is 8.17. The van der Waals surface area contributed by atoms with Gasteiger partial charge in [0.1, 0.15) is 0 Å². The quantitative estimate of drug-likeness (QED) is 0.879. The first-order valence-electron chi connectivity index (χ1n) is 5.04. The van der Waals surface area contributed by atoms with Crippen molar-refractivity contribution in [3.8, 4) is 0 Å². The van der Waals surface area contributed by atoms with E-state index >= 15 is 0 Å². The average molecular weight is 255 g/mol. The highest BCUT2D eigenvalue weighted by molar-refractivity contribution is 9.10. The third-order valence-electron chi connectivity index (χ3n) is 2.71. The molecule has 1 aromatic carbocycles. The molecular weight excluding hydrogens is 240 g/mol. The fraction of sp³-hybridized carbons (Fsp3) is 0.455. The molecule has 0 atom stereocenters. The number of benzene rings is 1. The van der Waals surface area contributed by atoms with Crippen molar-refractivity contribution in [2.45, 2.75) is 19.4 Å². The lowest BCUT2D eigenvalue weighted by atomic mass is 10.1. The first kappa shape index (κ1) is 9.99. The van der Waals surface area contributed by atoms with Gasteiger partial charge in [0.2, 0.25) is 0 Å². The number of hydrogen-bond acceptors (Lipinski definition) is 2. The van der Waals surface area contributed by atoms with Crippen LogP contribution in [0.5, 0.6) is 0 Å². The molecule has 1 aliphatic rings. The normalized spacial score (nSPS) is 16.3. The Morgan fingerprint density at radius 3 is 2.64 bits per heavy atom. The Morgan fingerprint density at radius 1 is 1.29 bits per heavy atom. The Labute approximate surface area is 93.2 Å². The zero-order valence-corrected chi connectivity index (χ0v) is 9.76. The number of rotatable bonds is 2. The second kappa shape index (κ2) is 4.32. The maximum atomic E-state index is 5.74. The van der Waals surface area contributed by atoms with Gasteiger partial charge in [0, 0.05) is 29.8 Å². The summed E-state index contributed by atoms with van der Waals surface area (Å²) < 4.78 is 1.11. The van der Waals surface area contributed by atoms with Crippen LogP contribution in [-0.4, -0.2) is 13.1 Å². The van der Waals surface area contributed by atoms with E-state index in [1.165, 1.54) is 37.2 Å². The van der Waals surface area contributed by atoms with Crippen LogP contribution in [0, 0.1) is 0 Å². The van der Waals surface area contributed by atoms with Crippen molar-refractivity contribution in [2.24, 2.45) is 5.73 Å². The third kappa shape index (κ3) is 1.93. The Kier molecular flexibility index (Phi) is 3.08. The number of anilines is 1. The van der Waals surface area contributed by atoms with Gasteiger partial charge in [-0.25, -0.2) is 0 Å². The molecule has 0 aromatic heterocycles. The van der Waals surface area contributed by atoms with E-state index in [1.54, 1.807) is 0 Å². The fourth-order valence-electron chi connectivity index (χ4n) is 1.98. The highest BCUT2D eigenvalue weighted by Crippen LogP contribution is 2.27. The van der Waals surface area contributed by atoms with Crippen LogP contribution in [0.1, 0.15) is 18.4 Å². The Morgan fingerprint density at radius 2 is 2.00 bits per heavy atom. The third-order valence-corrected chi connectivity index (χ3v) is 3.20. The molecule has 2 N–H and O–H groups in total. The molecule has 2 nitrogen and oxygen atoms in total. The van der Waals surface area contributed by atoms with Gasteiger partial charge >= 0.3 is 0 Å². The minimum atomic E-state index is 0.616. The average Bonchev–Trinajstić information content (AvgIpc) is 2.70. The standard InChI is InChI=1S/C11H15BrN2/c12-10-3-4-11(9(7-10)8-13)14-5-1-2-6-14/h3-4,7H,1-2,5-6,8,13H2. The first-order valence-corrected chi connectivity index (χ1v) is 5.84. The van der Waals surface area contributed by atoms with Crippen LogP contribution in [0.25, 0.3) is 0 Å². The highest BCUT2D eigenvalue weighted by Gasteiger charge is 2.14. The molecule has 1 aliphatic heterocycles. The Balaban J connectivity index is 2.31. The van der Waals surface area contributed by atoms with E-state index in [0.29, 0.717) is 6.54 Å². The van der Waals surface area contributed by atoms with E-state index in [2.05, 4.69) is 39.0 Å². The smallest absolute Gasteiger partial charge is 0.0412 e. The Bertz CT molecular complexity index is 319. The molecule has 0 bridgehead atoms. The van der Waals surface area contributed by atoms with Gasteiger partial charge < -0.3 is 10.6 Å². The zero-order chi connectivity index (χ0) is 9.97. The molecule has 0 unspecified atom stereocenters. The van der Waals surface area contributed by atoms with Gasteiger partial charge in [0.05, 0.1) is 0 Å². The number of nitrogens with two attached hydrogens (primary N) is 1. The molecule has 0 radical (unpaired) electrons. The van der Waals surface area contributed by atoms with Crippen LogP contribution in [0.3, 0.4) is 0 Å². The number of halogens is 1. The van der Waals surface area contributed by atoms with Crippen LogP contribution in [-0.2, 0) is 6.54 Å². The summed E-state index contributed by atoms with van der Waals surface area (Å²) in [6.45, 7) is 2.97. The lowest BCUT2D eigenvalue weighted by Gasteiger charge is -2.21. The SMILES string of the molecule is NCc1cc(Br)ccc1N1CCCC1. The van der Waals surface area contributed by atoms with Crippen molar-refractivity contribution in [3.05, 3.63) is 28.2 Å². The lowest BCUT2D eigenvalue weighted by molar-refractivity contribution is 0.940. The molecule has 1 fully saturated rings. The van der Waals surface area contributed by atoms with Gasteiger partial charge in [-0.2, -0.15) is 0 Å². The second-order valence-corrected chi connectivity index (χ2v) is 4.59. The molecule has 1 heterocycles. The van der Waals surface area contributed by atoms with Crippen molar-refractivity contribution in [1.82, 2.24) is 0 Å². The monoisotopic (exact) mass is 254 g/mol.